The van der Waals surface area contributed by atoms with E-state index in [1.165, 1.54) is 7.11 Å². The summed E-state index contributed by atoms with van der Waals surface area (Å²) in [4.78, 5) is 25.6. The van der Waals surface area contributed by atoms with E-state index in [4.69, 9.17) is 19.3 Å². The van der Waals surface area contributed by atoms with Gasteiger partial charge in [-0.3, -0.25) is 4.79 Å². The van der Waals surface area contributed by atoms with Crippen LogP contribution < -0.4 is 9.47 Å². The first-order valence-electron chi connectivity index (χ1n) is 7.67. The van der Waals surface area contributed by atoms with Gasteiger partial charge in [0.15, 0.2) is 17.6 Å². The van der Waals surface area contributed by atoms with Gasteiger partial charge in [0, 0.05) is 6.54 Å². The molecule has 1 unspecified atom stereocenters. The molecule has 0 radical (unpaired) electrons. The van der Waals surface area contributed by atoms with Crippen LogP contribution in [0.4, 0.5) is 0 Å². The highest BCUT2D eigenvalue weighted by atomic mass is 16.5. The van der Waals surface area contributed by atoms with Gasteiger partial charge in [0.2, 0.25) is 5.91 Å². The lowest BCUT2D eigenvalue weighted by molar-refractivity contribution is -0.160. The average molecular weight is 337 g/mol. The van der Waals surface area contributed by atoms with Gasteiger partial charge in [-0.2, -0.15) is 0 Å². The lowest BCUT2D eigenvalue weighted by Gasteiger charge is -2.36. The summed E-state index contributed by atoms with van der Waals surface area (Å²) in [5.41, 5.74) is -0.0662. The molecule has 1 amide bonds. The minimum absolute atomic E-state index is 0.0465. The van der Waals surface area contributed by atoms with Crippen molar-refractivity contribution in [3.05, 3.63) is 23.8 Å². The molecule has 7 nitrogen and oxygen atoms in total. The fourth-order valence-corrected chi connectivity index (χ4v) is 2.73. The molecule has 0 saturated carbocycles. The smallest absolute Gasteiger partial charge is 0.334 e. The number of rotatable bonds is 5. The summed E-state index contributed by atoms with van der Waals surface area (Å²) in [5, 5.41) is 9.09. The van der Waals surface area contributed by atoms with E-state index in [-0.39, 0.29) is 19.1 Å². The quantitative estimate of drug-likeness (QED) is 0.871. The van der Waals surface area contributed by atoms with Crippen LogP contribution in [0.15, 0.2) is 18.2 Å². The van der Waals surface area contributed by atoms with Crippen LogP contribution in [0, 0.1) is 0 Å². The fraction of sp³-hybridized carbons (Fsp3) is 0.529. The number of methoxy groups -OCH3 is 2. The molecule has 7 heteroatoms. The molecule has 2 rings (SSSR count). The number of ether oxygens (including phenoxy) is 3. The van der Waals surface area contributed by atoms with Gasteiger partial charge in [0.1, 0.15) is 0 Å². The van der Waals surface area contributed by atoms with E-state index in [9.17, 15) is 9.59 Å². The van der Waals surface area contributed by atoms with Gasteiger partial charge in [-0.15, -0.1) is 0 Å². The second-order valence-electron chi connectivity index (χ2n) is 6.14. The largest absolute Gasteiger partial charge is 0.493 e. The summed E-state index contributed by atoms with van der Waals surface area (Å²) in [6.45, 7) is 4.25. The van der Waals surface area contributed by atoms with E-state index in [1.807, 2.05) is 19.9 Å². The Kier molecular flexibility index (Phi) is 5.33. The SMILES string of the molecule is COc1ccc(C(C)(C)C(=O)N2CCOC(C(=O)O)C2)cc1OC. The zero-order valence-electron chi connectivity index (χ0n) is 14.4. The lowest BCUT2D eigenvalue weighted by Crippen LogP contribution is -2.53. The maximum atomic E-state index is 12.9. The molecule has 1 N–H and O–H groups in total. The van der Waals surface area contributed by atoms with Gasteiger partial charge < -0.3 is 24.2 Å². The van der Waals surface area contributed by atoms with Crippen LogP contribution in [0.5, 0.6) is 11.5 Å². The first kappa shape index (κ1) is 18.1. The molecule has 1 aliphatic heterocycles. The number of morpholine rings is 1. The van der Waals surface area contributed by atoms with Crippen molar-refractivity contribution in [2.75, 3.05) is 33.9 Å². The second-order valence-corrected chi connectivity index (χ2v) is 6.14. The highest BCUT2D eigenvalue weighted by Crippen LogP contribution is 2.34. The second kappa shape index (κ2) is 7.09. The predicted molar refractivity (Wildman–Crippen MR) is 86.5 cm³/mol. The van der Waals surface area contributed by atoms with Crippen molar-refractivity contribution in [3.8, 4) is 11.5 Å². The maximum Gasteiger partial charge on any atom is 0.334 e. The molecule has 24 heavy (non-hydrogen) atoms. The number of carboxylic acid groups (broad SMARTS) is 1. The normalized spacial score (nSPS) is 18.2. The van der Waals surface area contributed by atoms with E-state index < -0.39 is 17.5 Å². The third-order valence-corrected chi connectivity index (χ3v) is 4.27. The van der Waals surface area contributed by atoms with Crippen LogP contribution >= 0.6 is 0 Å². The van der Waals surface area contributed by atoms with Crippen LogP contribution in [-0.4, -0.2) is 61.9 Å². The minimum atomic E-state index is -1.06. The molecule has 1 aromatic rings. The summed E-state index contributed by atoms with van der Waals surface area (Å²) < 4.78 is 15.7. The van der Waals surface area contributed by atoms with Crippen molar-refractivity contribution in [2.45, 2.75) is 25.4 Å². The Morgan fingerprint density at radius 1 is 1.25 bits per heavy atom. The Morgan fingerprint density at radius 2 is 1.92 bits per heavy atom. The highest BCUT2D eigenvalue weighted by molar-refractivity contribution is 5.88. The number of nitrogens with zero attached hydrogens (tertiary/aromatic N) is 1. The maximum absolute atomic E-state index is 12.9. The van der Waals surface area contributed by atoms with Crippen molar-refractivity contribution < 1.29 is 28.9 Å². The molecule has 1 heterocycles. The number of carbonyl (C=O) groups excluding carboxylic acids is 1. The Bertz CT molecular complexity index is 628. The van der Waals surface area contributed by atoms with Gasteiger partial charge in [-0.05, 0) is 31.5 Å². The minimum Gasteiger partial charge on any atom is -0.493 e. The summed E-state index contributed by atoms with van der Waals surface area (Å²) in [6, 6.07) is 5.34. The van der Waals surface area contributed by atoms with E-state index >= 15 is 0 Å². The van der Waals surface area contributed by atoms with E-state index in [0.717, 1.165) is 5.56 Å². The van der Waals surface area contributed by atoms with Gasteiger partial charge >= 0.3 is 5.97 Å². The molecule has 1 aliphatic rings. The number of hydrogen-bond donors (Lipinski definition) is 1. The van der Waals surface area contributed by atoms with Gasteiger partial charge in [0.25, 0.3) is 0 Å². The Labute approximate surface area is 141 Å². The zero-order chi connectivity index (χ0) is 17.9. The predicted octanol–water partition coefficient (Wildman–Crippen LogP) is 1.29. The van der Waals surface area contributed by atoms with E-state index in [1.54, 1.807) is 24.1 Å². The molecule has 1 saturated heterocycles. The summed E-state index contributed by atoms with van der Waals surface area (Å²) in [7, 11) is 3.09. The average Bonchev–Trinajstić information content (AvgIpc) is 2.60. The molecule has 0 aromatic heterocycles. The van der Waals surface area contributed by atoms with Crippen molar-refractivity contribution >= 4 is 11.9 Å². The molecule has 1 fully saturated rings. The van der Waals surface area contributed by atoms with E-state index in [2.05, 4.69) is 0 Å². The van der Waals surface area contributed by atoms with Crippen molar-refractivity contribution in [3.63, 3.8) is 0 Å². The number of benzene rings is 1. The van der Waals surface area contributed by atoms with Crippen LogP contribution in [-0.2, 0) is 19.7 Å². The van der Waals surface area contributed by atoms with Crippen molar-refractivity contribution in [1.82, 2.24) is 4.90 Å². The first-order valence-corrected chi connectivity index (χ1v) is 7.67. The summed E-state index contributed by atoms with van der Waals surface area (Å²) >= 11 is 0. The summed E-state index contributed by atoms with van der Waals surface area (Å²) in [5.74, 6) is -0.0798. The topological polar surface area (TPSA) is 85.3 Å². The molecular formula is C17H23NO6. The number of carbonyl (C=O) groups is 2. The fourth-order valence-electron chi connectivity index (χ4n) is 2.73. The molecule has 0 bridgehead atoms. The first-order chi connectivity index (χ1) is 11.3. The monoisotopic (exact) mass is 337 g/mol. The molecule has 0 aliphatic carbocycles. The van der Waals surface area contributed by atoms with Crippen molar-refractivity contribution in [2.24, 2.45) is 0 Å². The number of aliphatic carboxylic acids is 1. The number of amides is 1. The standard InChI is InChI=1S/C17H23NO6/c1-17(2,11-5-6-12(22-3)13(9-11)23-4)16(21)18-7-8-24-14(10-18)15(19)20/h5-6,9,14H,7-8,10H2,1-4H3,(H,19,20). The van der Waals surface area contributed by atoms with Crippen LogP contribution in [0.1, 0.15) is 19.4 Å². The molecular weight excluding hydrogens is 314 g/mol. The molecule has 1 aromatic carbocycles. The van der Waals surface area contributed by atoms with E-state index in [0.29, 0.717) is 18.0 Å². The lowest BCUT2D eigenvalue weighted by atomic mass is 9.82. The Hall–Kier alpha value is -2.28. The van der Waals surface area contributed by atoms with Crippen LogP contribution in [0.2, 0.25) is 0 Å². The number of carboxylic acids is 1. The van der Waals surface area contributed by atoms with Crippen molar-refractivity contribution in [1.29, 1.82) is 0 Å². The number of hydrogen-bond acceptors (Lipinski definition) is 5. The Morgan fingerprint density at radius 3 is 2.50 bits per heavy atom. The van der Waals surface area contributed by atoms with Crippen LogP contribution in [0.25, 0.3) is 0 Å². The zero-order valence-corrected chi connectivity index (χ0v) is 14.4. The third kappa shape index (κ3) is 3.46. The molecule has 132 valence electrons. The van der Waals surface area contributed by atoms with Gasteiger partial charge in [-0.25, -0.2) is 4.79 Å². The van der Waals surface area contributed by atoms with Gasteiger partial charge in [-0.1, -0.05) is 6.07 Å². The third-order valence-electron chi connectivity index (χ3n) is 4.27. The summed E-state index contributed by atoms with van der Waals surface area (Å²) in [6.07, 6.45) is -0.982. The Balaban J connectivity index is 2.25. The highest BCUT2D eigenvalue weighted by Gasteiger charge is 2.38. The van der Waals surface area contributed by atoms with Crippen LogP contribution in [0.3, 0.4) is 0 Å². The molecule has 0 spiro atoms. The molecule has 1 atom stereocenters. The van der Waals surface area contributed by atoms with Gasteiger partial charge in [0.05, 0.1) is 32.8 Å².